The number of amides is 2. The van der Waals surface area contributed by atoms with Crippen molar-refractivity contribution in [1.29, 1.82) is 0 Å². The predicted octanol–water partition coefficient (Wildman–Crippen LogP) is 3.41. The molecule has 2 heterocycles. The van der Waals surface area contributed by atoms with Crippen molar-refractivity contribution in [2.75, 3.05) is 73.4 Å². The summed E-state index contributed by atoms with van der Waals surface area (Å²) in [6, 6.07) is 13.4. The Morgan fingerprint density at radius 2 is 1.72 bits per heavy atom. The van der Waals surface area contributed by atoms with Gasteiger partial charge in [-0.15, -0.1) is 0 Å². The van der Waals surface area contributed by atoms with Gasteiger partial charge in [-0.1, -0.05) is 38.1 Å². The van der Waals surface area contributed by atoms with Gasteiger partial charge in [-0.05, 0) is 67.9 Å². The summed E-state index contributed by atoms with van der Waals surface area (Å²) in [5.41, 5.74) is 0.839. The third-order valence-electron chi connectivity index (χ3n) is 9.92. The van der Waals surface area contributed by atoms with Crippen molar-refractivity contribution in [3.8, 4) is 5.75 Å². The van der Waals surface area contributed by atoms with Crippen molar-refractivity contribution in [1.82, 2.24) is 15.1 Å². The first-order valence-corrected chi connectivity index (χ1v) is 17.8. The maximum atomic E-state index is 15.0. The first kappa shape index (κ1) is 39.7. The van der Waals surface area contributed by atoms with Crippen molar-refractivity contribution >= 4 is 11.8 Å². The van der Waals surface area contributed by atoms with Gasteiger partial charge >= 0.3 is 0 Å². The fraction of sp³-hybridized carbons (Fsp3) is 0.632. The number of carbonyl (C=O) groups excluding carboxylic acids is 2. The van der Waals surface area contributed by atoms with Crippen LogP contribution in [-0.2, 0) is 24.4 Å². The molecule has 3 N–H and O–H groups in total. The SMILES string of the molecule is COc1ccc(C2(CNCC(=O)N3CCCCOC[C@@H](O)[C@@H](O)[C@H](OC)CN(C(=O)c4ccccc4F)C[C@H]3CC(C)C)CCOCC2)cc1. The summed E-state index contributed by atoms with van der Waals surface area (Å²) in [5.74, 6) is -0.404. The Hall–Kier alpha value is -3.13. The number of methoxy groups -OCH3 is 2. The second kappa shape index (κ2) is 19.5. The van der Waals surface area contributed by atoms with E-state index in [2.05, 4.69) is 31.3 Å². The van der Waals surface area contributed by atoms with Crippen molar-refractivity contribution in [3.05, 3.63) is 65.5 Å². The summed E-state index contributed by atoms with van der Waals surface area (Å²) in [6.45, 7) is 6.67. The number of nitrogens with zero attached hydrogens (tertiary/aromatic N) is 2. The van der Waals surface area contributed by atoms with Gasteiger partial charge in [-0.3, -0.25) is 9.59 Å². The van der Waals surface area contributed by atoms with Gasteiger partial charge in [0.25, 0.3) is 5.91 Å². The van der Waals surface area contributed by atoms with Gasteiger partial charge in [-0.2, -0.15) is 0 Å². The summed E-state index contributed by atoms with van der Waals surface area (Å²) >= 11 is 0. The average Bonchev–Trinajstić information content (AvgIpc) is 3.12. The highest BCUT2D eigenvalue weighted by Gasteiger charge is 2.36. The van der Waals surface area contributed by atoms with E-state index in [1.807, 2.05) is 17.0 Å². The molecule has 4 rings (SSSR count). The Morgan fingerprint density at radius 3 is 2.38 bits per heavy atom. The molecule has 2 fully saturated rings. The maximum absolute atomic E-state index is 15.0. The summed E-state index contributed by atoms with van der Waals surface area (Å²) < 4.78 is 37.3. The van der Waals surface area contributed by atoms with E-state index in [0.717, 1.165) is 18.6 Å². The highest BCUT2D eigenvalue weighted by molar-refractivity contribution is 5.94. The molecule has 2 aromatic rings. The van der Waals surface area contributed by atoms with Crippen molar-refractivity contribution < 1.29 is 43.1 Å². The molecule has 2 aliphatic heterocycles. The Labute approximate surface area is 296 Å². The van der Waals surface area contributed by atoms with Crippen molar-refractivity contribution in [3.63, 3.8) is 0 Å². The summed E-state index contributed by atoms with van der Waals surface area (Å²) in [5, 5.41) is 25.1. The first-order valence-electron chi connectivity index (χ1n) is 17.8. The van der Waals surface area contributed by atoms with Gasteiger partial charge in [0.05, 0.1) is 25.8 Å². The number of hydrogen-bond donors (Lipinski definition) is 3. The normalized spacial score (nSPS) is 24.1. The van der Waals surface area contributed by atoms with Gasteiger partial charge < -0.3 is 44.3 Å². The lowest BCUT2D eigenvalue weighted by atomic mass is 9.74. The van der Waals surface area contributed by atoms with Gasteiger partial charge in [0.15, 0.2) is 0 Å². The quantitative estimate of drug-likeness (QED) is 0.342. The molecule has 0 saturated carbocycles. The monoisotopic (exact) mass is 701 g/mol. The molecule has 50 heavy (non-hydrogen) atoms. The topological polar surface area (TPSA) is 130 Å². The van der Waals surface area contributed by atoms with E-state index in [1.54, 1.807) is 13.2 Å². The molecule has 2 aliphatic rings. The molecule has 2 amide bonds. The van der Waals surface area contributed by atoms with Crippen LogP contribution in [0.5, 0.6) is 5.75 Å². The van der Waals surface area contributed by atoms with Gasteiger partial charge in [-0.25, -0.2) is 4.39 Å². The first-order chi connectivity index (χ1) is 24.1. The minimum atomic E-state index is -1.37. The summed E-state index contributed by atoms with van der Waals surface area (Å²) in [7, 11) is 3.03. The zero-order valence-corrected chi connectivity index (χ0v) is 30.0. The number of aliphatic hydroxyl groups is 2. The highest BCUT2D eigenvalue weighted by Crippen LogP contribution is 2.35. The molecule has 12 heteroatoms. The molecule has 0 aromatic heterocycles. The standard InChI is InChI=1S/C38H56FN3O8/c1-27(2)21-29-23-41(37(46)31-9-5-6-10-32(31)39)24-34(48-4)36(45)33(43)25-50-18-8-7-17-42(29)35(44)22-40-26-38(15-19-49-20-16-38)28-11-13-30(47-3)14-12-28/h5-6,9-14,27,29,33-34,36,40,43,45H,7-8,15-26H2,1-4H3/t29-,33-,34-,36-/m1/s1. The Kier molecular flexibility index (Phi) is 15.4. The molecule has 0 bridgehead atoms. The van der Waals surface area contributed by atoms with Crippen LogP contribution < -0.4 is 10.1 Å². The Bertz CT molecular complexity index is 1340. The van der Waals surface area contributed by atoms with Crippen molar-refractivity contribution in [2.24, 2.45) is 5.92 Å². The molecule has 0 aliphatic carbocycles. The Balaban J connectivity index is 1.61. The van der Waals surface area contributed by atoms with Crippen LogP contribution in [0.25, 0.3) is 0 Å². The minimum absolute atomic E-state index is 0.0867. The lowest BCUT2D eigenvalue weighted by Gasteiger charge is -2.40. The second-order valence-electron chi connectivity index (χ2n) is 13.9. The molecular formula is C38H56FN3O8. The van der Waals surface area contributed by atoms with Crippen LogP contribution in [0.3, 0.4) is 0 Å². The van der Waals surface area contributed by atoms with E-state index < -0.39 is 36.1 Å². The third kappa shape index (κ3) is 10.7. The summed E-state index contributed by atoms with van der Waals surface area (Å²) in [6.07, 6.45) is -0.142. The van der Waals surface area contributed by atoms with E-state index in [1.165, 1.54) is 35.8 Å². The predicted molar refractivity (Wildman–Crippen MR) is 188 cm³/mol. The number of rotatable bonds is 10. The number of hydrogen-bond acceptors (Lipinski definition) is 9. The van der Waals surface area contributed by atoms with Crippen LogP contribution in [0.4, 0.5) is 4.39 Å². The van der Waals surface area contributed by atoms with E-state index in [0.29, 0.717) is 52.2 Å². The molecule has 278 valence electrons. The minimum Gasteiger partial charge on any atom is -0.497 e. The largest absolute Gasteiger partial charge is 0.497 e. The zero-order valence-electron chi connectivity index (χ0n) is 30.0. The molecule has 2 saturated heterocycles. The van der Waals surface area contributed by atoms with E-state index in [9.17, 15) is 24.2 Å². The van der Waals surface area contributed by atoms with Crippen LogP contribution >= 0.6 is 0 Å². The number of ether oxygens (including phenoxy) is 4. The number of nitrogens with one attached hydrogen (secondary N) is 1. The average molecular weight is 702 g/mol. The van der Waals surface area contributed by atoms with Gasteiger partial charge in [0.2, 0.25) is 5.91 Å². The van der Waals surface area contributed by atoms with Crippen molar-refractivity contribution in [2.45, 2.75) is 75.7 Å². The van der Waals surface area contributed by atoms with Crippen LogP contribution in [-0.4, -0.2) is 130 Å². The van der Waals surface area contributed by atoms with Gasteiger partial charge in [0, 0.05) is 64.6 Å². The van der Waals surface area contributed by atoms with E-state index >= 15 is 0 Å². The van der Waals surface area contributed by atoms with E-state index in [-0.39, 0.29) is 49.0 Å². The molecule has 0 spiro atoms. The second-order valence-corrected chi connectivity index (χ2v) is 13.9. The fourth-order valence-corrected chi connectivity index (χ4v) is 7.02. The van der Waals surface area contributed by atoms with Gasteiger partial charge in [0.1, 0.15) is 29.9 Å². The number of benzene rings is 2. The molecule has 11 nitrogen and oxygen atoms in total. The number of aliphatic hydroxyl groups excluding tert-OH is 2. The van der Waals surface area contributed by atoms with E-state index in [4.69, 9.17) is 18.9 Å². The lowest BCUT2D eigenvalue weighted by Crippen LogP contribution is -2.55. The number of carbonyl (C=O) groups is 2. The van der Waals surface area contributed by atoms with Crippen LogP contribution in [0.1, 0.15) is 61.9 Å². The molecule has 0 radical (unpaired) electrons. The Morgan fingerprint density at radius 1 is 1.00 bits per heavy atom. The van der Waals surface area contributed by atoms with Crippen LogP contribution in [0.2, 0.25) is 0 Å². The molecule has 4 atom stereocenters. The molecule has 2 aromatic carbocycles. The smallest absolute Gasteiger partial charge is 0.256 e. The highest BCUT2D eigenvalue weighted by atomic mass is 19.1. The van der Waals surface area contributed by atoms with Crippen LogP contribution in [0.15, 0.2) is 48.5 Å². The molecule has 0 unspecified atom stereocenters. The lowest BCUT2D eigenvalue weighted by molar-refractivity contribution is -0.134. The maximum Gasteiger partial charge on any atom is 0.256 e. The zero-order chi connectivity index (χ0) is 36.1. The third-order valence-corrected chi connectivity index (χ3v) is 9.92. The number of halogens is 1. The summed E-state index contributed by atoms with van der Waals surface area (Å²) in [4.78, 5) is 31.5. The fourth-order valence-electron chi connectivity index (χ4n) is 7.02. The van der Waals surface area contributed by atoms with Crippen LogP contribution in [0, 0.1) is 11.7 Å². The molecular weight excluding hydrogens is 645 g/mol.